The van der Waals surface area contributed by atoms with Gasteiger partial charge < -0.3 is 9.47 Å². The molecule has 0 heterocycles. The van der Waals surface area contributed by atoms with Crippen molar-refractivity contribution in [3.05, 3.63) is 58.1 Å². The van der Waals surface area contributed by atoms with Crippen molar-refractivity contribution < 1.29 is 19.1 Å². The van der Waals surface area contributed by atoms with E-state index in [4.69, 9.17) is 32.7 Å². The molecule has 0 aliphatic carbocycles. The zero-order chi connectivity index (χ0) is 19.1. The molecule has 0 aliphatic heterocycles. The summed E-state index contributed by atoms with van der Waals surface area (Å²) < 4.78 is 10.5. The van der Waals surface area contributed by atoms with E-state index in [0.29, 0.717) is 21.5 Å². The number of benzene rings is 2. The smallest absolute Gasteiger partial charge is 0.279 e. The fraction of sp³-hybridized carbons (Fsp3) is 0.222. The van der Waals surface area contributed by atoms with Gasteiger partial charge in [-0.2, -0.15) is 0 Å². The van der Waals surface area contributed by atoms with E-state index in [2.05, 4.69) is 10.9 Å². The van der Waals surface area contributed by atoms with Gasteiger partial charge in [0, 0.05) is 5.02 Å². The SMILES string of the molecule is COc1ccc(CC(=O)NNC(=O)[C@H](C)Oc2ccc(Cl)cc2Cl)cc1. The molecule has 0 aliphatic rings. The summed E-state index contributed by atoms with van der Waals surface area (Å²) in [4.78, 5) is 23.9. The molecule has 0 bridgehead atoms. The monoisotopic (exact) mass is 396 g/mol. The second kappa shape index (κ2) is 9.31. The van der Waals surface area contributed by atoms with Crippen LogP contribution in [-0.4, -0.2) is 25.0 Å². The topological polar surface area (TPSA) is 76.7 Å². The van der Waals surface area contributed by atoms with Crippen LogP contribution in [0.1, 0.15) is 12.5 Å². The number of carbonyl (C=O) groups is 2. The van der Waals surface area contributed by atoms with Gasteiger partial charge in [0.25, 0.3) is 5.91 Å². The number of ether oxygens (including phenoxy) is 2. The van der Waals surface area contributed by atoms with Crippen molar-refractivity contribution in [3.8, 4) is 11.5 Å². The lowest BCUT2D eigenvalue weighted by Gasteiger charge is -2.16. The zero-order valence-electron chi connectivity index (χ0n) is 14.2. The van der Waals surface area contributed by atoms with Gasteiger partial charge in [-0.25, -0.2) is 0 Å². The Morgan fingerprint density at radius 2 is 1.77 bits per heavy atom. The molecule has 1 atom stereocenters. The molecule has 2 aromatic rings. The van der Waals surface area contributed by atoms with E-state index in [1.165, 1.54) is 13.0 Å². The zero-order valence-corrected chi connectivity index (χ0v) is 15.7. The summed E-state index contributed by atoms with van der Waals surface area (Å²) in [5, 5.41) is 0.756. The summed E-state index contributed by atoms with van der Waals surface area (Å²) >= 11 is 11.8. The van der Waals surface area contributed by atoms with Crippen molar-refractivity contribution in [2.75, 3.05) is 7.11 Å². The third kappa shape index (κ3) is 5.82. The Bertz CT molecular complexity index is 781. The summed E-state index contributed by atoms with van der Waals surface area (Å²) in [6, 6.07) is 11.7. The lowest BCUT2D eigenvalue weighted by Crippen LogP contribution is -2.47. The van der Waals surface area contributed by atoms with Gasteiger partial charge >= 0.3 is 0 Å². The van der Waals surface area contributed by atoms with Crippen molar-refractivity contribution in [2.45, 2.75) is 19.4 Å². The van der Waals surface area contributed by atoms with Gasteiger partial charge in [0.15, 0.2) is 6.10 Å². The van der Waals surface area contributed by atoms with Gasteiger partial charge in [-0.15, -0.1) is 0 Å². The molecule has 2 aromatic carbocycles. The van der Waals surface area contributed by atoms with Crippen LogP contribution >= 0.6 is 23.2 Å². The Morgan fingerprint density at radius 3 is 2.38 bits per heavy atom. The normalized spacial score (nSPS) is 11.4. The number of rotatable bonds is 6. The maximum absolute atomic E-state index is 12.0. The minimum atomic E-state index is -0.866. The highest BCUT2D eigenvalue weighted by Crippen LogP contribution is 2.28. The van der Waals surface area contributed by atoms with Crippen LogP contribution in [0.15, 0.2) is 42.5 Å². The van der Waals surface area contributed by atoms with E-state index in [-0.39, 0.29) is 12.3 Å². The third-order valence-corrected chi connectivity index (χ3v) is 3.95. The van der Waals surface area contributed by atoms with Crippen molar-refractivity contribution in [1.82, 2.24) is 10.9 Å². The predicted molar refractivity (Wildman–Crippen MR) is 99.5 cm³/mol. The van der Waals surface area contributed by atoms with Crippen molar-refractivity contribution >= 4 is 35.0 Å². The van der Waals surface area contributed by atoms with Gasteiger partial charge in [-0.3, -0.25) is 20.4 Å². The maximum atomic E-state index is 12.0. The van der Waals surface area contributed by atoms with Crippen LogP contribution in [0.2, 0.25) is 10.0 Å². The second-order valence-electron chi connectivity index (χ2n) is 5.40. The standard InChI is InChI=1S/C18H18Cl2N2O4/c1-11(26-16-8-5-13(19)10-15(16)20)18(24)22-21-17(23)9-12-3-6-14(25-2)7-4-12/h3-8,10-11H,9H2,1-2H3,(H,21,23)(H,22,24)/t11-/m0/s1. The summed E-state index contributed by atoms with van der Waals surface area (Å²) in [6.45, 7) is 1.54. The minimum Gasteiger partial charge on any atom is -0.497 e. The molecule has 6 nitrogen and oxygen atoms in total. The molecule has 0 radical (unpaired) electrons. The number of hydrazine groups is 1. The van der Waals surface area contributed by atoms with Gasteiger partial charge in [0.2, 0.25) is 5.91 Å². The summed E-state index contributed by atoms with van der Waals surface area (Å²) in [5.41, 5.74) is 5.45. The Hall–Kier alpha value is -2.44. The van der Waals surface area contributed by atoms with Crippen LogP contribution < -0.4 is 20.3 Å². The van der Waals surface area contributed by atoms with Gasteiger partial charge in [-0.05, 0) is 42.8 Å². The molecular weight excluding hydrogens is 379 g/mol. The quantitative estimate of drug-likeness (QED) is 0.735. The first-order chi connectivity index (χ1) is 12.4. The number of hydrogen-bond donors (Lipinski definition) is 2. The van der Waals surface area contributed by atoms with E-state index in [0.717, 1.165) is 5.56 Å². The number of halogens is 2. The number of nitrogens with one attached hydrogen (secondary N) is 2. The Labute approximate surface area is 161 Å². The lowest BCUT2D eigenvalue weighted by molar-refractivity contribution is -0.132. The molecule has 26 heavy (non-hydrogen) atoms. The summed E-state index contributed by atoms with van der Waals surface area (Å²) in [6.07, 6.45) is -0.752. The molecule has 0 saturated carbocycles. The van der Waals surface area contributed by atoms with Crippen molar-refractivity contribution in [2.24, 2.45) is 0 Å². The third-order valence-electron chi connectivity index (χ3n) is 3.42. The molecule has 2 N–H and O–H groups in total. The van der Waals surface area contributed by atoms with Crippen molar-refractivity contribution in [3.63, 3.8) is 0 Å². The molecule has 0 spiro atoms. The van der Waals surface area contributed by atoms with Crippen LogP contribution in [0, 0.1) is 0 Å². The Morgan fingerprint density at radius 1 is 1.08 bits per heavy atom. The molecule has 8 heteroatoms. The second-order valence-corrected chi connectivity index (χ2v) is 6.24. The highest BCUT2D eigenvalue weighted by molar-refractivity contribution is 6.35. The van der Waals surface area contributed by atoms with Crippen LogP contribution in [0.4, 0.5) is 0 Å². The van der Waals surface area contributed by atoms with Gasteiger partial charge in [-0.1, -0.05) is 35.3 Å². The number of hydrogen-bond acceptors (Lipinski definition) is 4. The maximum Gasteiger partial charge on any atom is 0.279 e. The van der Waals surface area contributed by atoms with E-state index < -0.39 is 12.0 Å². The van der Waals surface area contributed by atoms with E-state index in [1.54, 1.807) is 43.5 Å². The fourth-order valence-corrected chi connectivity index (χ4v) is 2.47. The summed E-state index contributed by atoms with van der Waals surface area (Å²) in [5.74, 6) is 0.150. The van der Waals surface area contributed by atoms with E-state index >= 15 is 0 Å². The molecule has 0 unspecified atom stereocenters. The Balaban J connectivity index is 1.81. The first-order valence-electron chi connectivity index (χ1n) is 7.72. The highest BCUT2D eigenvalue weighted by Gasteiger charge is 2.17. The van der Waals surface area contributed by atoms with E-state index in [1.807, 2.05) is 0 Å². The van der Waals surface area contributed by atoms with Crippen LogP contribution in [0.3, 0.4) is 0 Å². The lowest BCUT2D eigenvalue weighted by atomic mass is 10.1. The molecule has 2 amide bonds. The first kappa shape index (κ1) is 19.9. The minimum absolute atomic E-state index is 0.114. The number of methoxy groups -OCH3 is 1. The highest BCUT2D eigenvalue weighted by atomic mass is 35.5. The molecule has 0 aromatic heterocycles. The van der Waals surface area contributed by atoms with Gasteiger partial charge in [0.1, 0.15) is 11.5 Å². The fourth-order valence-electron chi connectivity index (χ4n) is 2.02. The molecule has 0 fully saturated rings. The van der Waals surface area contributed by atoms with Gasteiger partial charge in [0.05, 0.1) is 18.6 Å². The van der Waals surface area contributed by atoms with Crippen LogP contribution in [0.5, 0.6) is 11.5 Å². The number of carbonyl (C=O) groups excluding carboxylic acids is 2. The van der Waals surface area contributed by atoms with E-state index in [9.17, 15) is 9.59 Å². The molecule has 0 saturated heterocycles. The average Bonchev–Trinajstić information content (AvgIpc) is 2.62. The van der Waals surface area contributed by atoms with Crippen LogP contribution in [-0.2, 0) is 16.0 Å². The average molecular weight is 397 g/mol. The predicted octanol–water partition coefficient (Wildman–Crippen LogP) is 3.16. The molecular formula is C18H18Cl2N2O4. The summed E-state index contributed by atoms with van der Waals surface area (Å²) in [7, 11) is 1.57. The van der Waals surface area contributed by atoms with Crippen molar-refractivity contribution in [1.29, 1.82) is 0 Å². The molecule has 2 rings (SSSR count). The largest absolute Gasteiger partial charge is 0.497 e. The van der Waals surface area contributed by atoms with Crippen LogP contribution in [0.25, 0.3) is 0 Å². The Kier molecular flexibility index (Phi) is 7.12. The molecule has 138 valence electrons. The number of amides is 2. The first-order valence-corrected chi connectivity index (χ1v) is 8.48.